The van der Waals surface area contributed by atoms with Gasteiger partial charge in [0.2, 0.25) is 0 Å². The molecule has 0 unspecified atom stereocenters. The molecule has 12 aromatic rings. The largest absolute Gasteiger partial charge is 0.310 e. The van der Waals surface area contributed by atoms with Gasteiger partial charge in [0, 0.05) is 33.2 Å². The summed E-state index contributed by atoms with van der Waals surface area (Å²) in [4.78, 5) is 2.40. The second-order valence-corrected chi connectivity index (χ2v) is 17.6. The second-order valence-electron chi connectivity index (χ2n) is 17.6. The zero-order chi connectivity index (χ0) is 44.3. The lowest BCUT2D eigenvalue weighted by Crippen LogP contribution is -2.28. The van der Waals surface area contributed by atoms with Crippen molar-refractivity contribution in [2.75, 3.05) is 4.90 Å². The number of hydrogen-bond acceptors (Lipinski definition) is 1. The van der Waals surface area contributed by atoms with Gasteiger partial charge in [-0.15, -0.1) is 0 Å². The first kappa shape index (κ1) is 38.7. The first-order valence-electron chi connectivity index (χ1n) is 23.2. The number of hydrogen-bond donors (Lipinski definition) is 0. The van der Waals surface area contributed by atoms with Crippen LogP contribution in [0, 0.1) is 0 Å². The minimum atomic E-state index is -0.456. The molecule has 1 heterocycles. The van der Waals surface area contributed by atoms with Gasteiger partial charge < -0.3 is 9.47 Å². The molecule has 0 aliphatic heterocycles. The average Bonchev–Trinajstić information content (AvgIpc) is 3.90. The van der Waals surface area contributed by atoms with Crippen molar-refractivity contribution in [2.24, 2.45) is 0 Å². The SMILES string of the molecule is c1ccc(-c2ccc(N(c3ccc(-c4ccc5c(c4)C(c4ccccc4)(c4ccccc4)c4ccccc4-5)cc3)c3ccc4c(c3)c3ccccc3n4-c3cccc4ccccc34)cc2)cc1. The number of rotatable bonds is 8. The molecule has 314 valence electrons. The molecule has 1 aliphatic rings. The third-order valence-electron chi connectivity index (χ3n) is 14.1. The number of benzene rings is 11. The summed E-state index contributed by atoms with van der Waals surface area (Å²) in [6.07, 6.45) is 0. The summed E-state index contributed by atoms with van der Waals surface area (Å²) in [5, 5.41) is 4.90. The molecule has 2 nitrogen and oxygen atoms in total. The summed E-state index contributed by atoms with van der Waals surface area (Å²) in [5.41, 5.74) is 18.9. The minimum Gasteiger partial charge on any atom is -0.310 e. The second kappa shape index (κ2) is 15.8. The fraction of sp³-hybridized carbons (Fsp3) is 0.0154. The van der Waals surface area contributed by atoms with Gasteiger partial charge in [0.1, 0.15) is 0 Å². The van der Waals surface area contributed by atoms with Crippen LogP contribution in [0.1, 0.15) is 22.3 Å². The van der Waals surface area contributed by atoms with Crippen LogP contribution < -0.4 is 4.90 Å². The Balaban J connectivity index is 0.956. The normalized spacial score (nSPS) is 12.6. The van der Waals surface area contributed by atoms with Crippen molar-refractivity contribution < 1.29 is 0 Å². The molecule has 1 aromatic heterocycles. The molecule has 0 saturated heterocycles. The van der Waals surface area contributed by atoms with E-state index in [0.29, 0.717) is 0 Å². The highest BCUT2D eigenvalue weighted by Gasteiger charge is 2.46. The molecule has 11 aromatic carbocycles. The number of aromatic nitrogens is 1. The molecule has 0 atom stereocenters. The minimum absolute atomic E-state index is 0.456. The molecular formula is C65H44N2. The number of anilines is 3. The molecule has 1 aliphatic carbocycles. The highest BCUT2D eigenvalue weighted by Crippen LogP contribution is 2.57. The smallest absolute Gasteiger partial charge is 0.0713 e. The van der Waals surface area contributed by atoms with Gasteiger partial charge in [-0.1, -0.05) is 206 Å². The van der Waals surface area contributed by atoms with Gasteiger partial charge in [0.05, 0.1) is 22.1 Å². The maximum absolute atomic E-state index is 2.45. The maximum atomic E-state index is 2.45. The zero-order valence-electron chi connectivity index (χ0n) is 36.8. The van der Waals surface area contributed by atoms with Crippen molar-refractivity contribution >= 4 is 49.6 Å². The summed E-state index contributed by atoms with van der Waals surface area (Å²) in [6.45, 7) is 0. The van der Waals surface area contributed by atoms with Crippen LogP contribution in [-0.4, -0.2) is 4.57 Å². The third kappa shape index (κ3) is 6.18. The van der Waals surface area contributed by atoms with E-state index in [-0.39, 0.29) is 0 Å². The molecule has 0 amide bonds. The molecule has 13 rings (SSSR count). The van der Waals surface area contributed by atoms with Crippen LogP contribution in [0.2, 0.25) is 0 Å². The van der Waals surface area contributed by atoms with Gasteiger partial charge in [0.25, 0.3) is 0 Å². The van der Waals surface area contributed by atoms with E-state index in [4.69, 9.17) is 0 Å². The van der Waals surface area contributed by atoms with E-state index in [1.807, 2.05) is 0 Å². The quantitative estimate of drug-likeness (QED) is 0.148. The van der Waals surface area contributed by atoms with Gasteiger partial charge >= 0.3 is 0 Å². The average molecular weight is 853 g/mol. The van der Waals surface area contributed by atoms with Gasteiger partial charge in [-0.25, -0.2) is 0 Å². The molecule has 0 bridgehead atoms. The topological polar surface area (TPSA) is 8.17 Å². The predicted octanol–water partition coefficient (Wildman–Crippen LogP) is 17.1. The molecule has 0 spiro atoms. The highest BCUT2D eigenvalue weighted by atomic mass is 15.1. The Morgan fingerprint density at radius 1 is 0.299 bits per heavy atom. The van der Waals surface area contributed by atoms with E-state index in [1.54, 1.807) is 0 Å². The Hall–Kier alpha value is -8.72. The molecule has 0 N–H and O–H groups in total. The van der Waals surface area contributed by atoms with E-state index >= 15 is 0 Å². The van der Waals surface area contributed by atoms with Crippen molar-refractivity contribution in [2.45, 2.75) is 5.41 Å². The Morgan fingerprint density at radius 2 is 0.806 bits per heavy atom. The lowest BCUT2D eigenvalue weighted by atomic mass is 9.67. The highest BCUT2D eigenvalue weighted by molar-refractivity contribution is 6.12. The van der Waals surface area contributed by atoms with Crippen LogP contribution in [0.25, 0.3) is 71.6 Å². The molecule has 0 radical (unpaired) electrons. The molecule has 0 fully saturated rings. The van der Waals surface area contributed by atoms with E-state index < -0.39 is 5.41 Å². The summed E-state index contributed by atoms with van der Waals surface area (Å²) >= 11 is 0. The fourth-order valence-electron chi connectivity index (χ4n) is 11.1. The number of nitrogens with zero attached hydrogens (tertiary/aromatic N) is 2. The number of fused-ring (bicyclic) bond motifs is 7. The maximum Gasteiger partial charge on any atom is 0.0713 e. The summed E-state index contributed by atoms with van der Waals surface area (Å²) in [6, 6.07) is 98.0. The van der Waals surface area contributed by atoms with E-state index in [9.17, 15) is 0 Å². The van der Waals surface area contributed by atoms with Gasteiger partial charge in [-0.2, -0.15) is 0 Å². The predicted molar refractivity (Wildman–Crippen MR) is 281 cm³/mol. The summed E-state index contributed by atoms with van der Waals surface area (Å²) < 4.78 is 2.43. The Morgan fingerprint density at radius 3 is 1.52 bits per heavy atom. The fourth-order valence-corrected chi connectivity index (χ4v) is 11.1. The summed E-state index contributed by atoms with van der Waals surface area (Å²) in [5.74, 6) is 0. The molecule has 2 heteroatoms. The van der Waals surface area contributed by atoms with Gasteiger partial charge in [0.15, 0.2) is 0 Å². The van der Waals surface area contributed by atoms with Crippen LogP contribution in [0.4, 0.5) is 17.1 Å². The van der Waals surface area contributed by atoms with Crippen LogP contribution >= 0.6 is 0 Å². The van der Waals surface area contributed by atoms with E-state index in [1.165, 1.54) is 93.9 Å². The van der Waals surface area contributed by atoms with Crippen molar-refractivity contribution in [1.29, 1.82) is 0 Å². The third-order valence-corrected chi connectivity index (χ3v) is 14.1. The van der Waals surface area contributed by atoms with Crippen LogP contribution in [0.5, 0.6) is 0 Å². The van der Waals surface area contributed by atoms with Gasteiger partial charge in [-0.05, 0) is 122 Å². The Bertz CT molecular complexity index is 3730. The van der Waals surface area contributed by atoms with Crippen LogP contribution in [0.3, 0.4) is 0 Å². The summed E-state index contributed by atoms with van der Waals surface area (Å²) in [7, 11) is 0. The van der Waals surface area contributed by atoms with Crippen molar-refractivity contribution in [1.82, 2.24) is 4.57 Å². The first-order valence-corrected chi connectivity index (χ1v) is 23.2. The van der Waals surface area contributed by atoms with E-state index in [0.717, 1.165) is 17.1 Å². The van der Waals surface area contributed by atoms with Gasteiger partial charge in [-0.3, -0.25) is 0 Å². The molecule has 0 saturated carbocycles. The van der Waals surface area contributed by atoms with Crippen molar-refractivity contribution in [3.63, 3.8) is 0 Å². The van der Waals surface area contributed by atoms with Crippen LogP contribution in [-0.2, 0) is 5.41 Å². The monoisotopic (exact) mass is 852 g/mol. The number of para-hydroxylation sites is 1. The lowest BCUT2D eigenvalue weighted by molar-refractivity contribution is 0.769. The van der Waals surface area contributed by atoms with Crippen molar-refractivity contribution in [3.8, 4) is 39.1 Å². The Labute approximate surface area is 390 Å². The molecule has 67 heavy (non-hydrogen) atoms. The van der Waals surface area contributed by atoms with E-state index in [2.05, 4.69) is 276 Å². The van der Waals surface area contributed by atoms with Crippen molar-refractivity contribution in [3.05, 3.63) is 289 Å². The molecular weight excluding hydrogens is 809 g/mol. The van der Waals surface area contributed by atoms with Crippen LogP contribution in [0.15, 0.2) is 267 Å². The lowest BCUT2D eigenvalue weighted by Gasteiger charge is -2.34. The standard InChI is InChI=1S/C65H44N2/c1-4-17-45(18-5-1)46-31-36-52(37-32-46)66(54-40-42-64-59(44-54)58-27-13-15-29-63(58)67(64)62-30-16-20-48-19-10-11-25-55(48)62)53-38-33-47(34-39-53)49-35-41-57-56-26-12-14-28-60(56)65(61(57)43-49,50-21-6-2-7-22-50)51-23-8-3-9-24-51/h1-44H. The zero-order valence-corrected chi connectivity index (χ0v) is 36.8. The Kier molecular flexibility index (Phi) is 9.11. The first-order chi connectivity index (χ1) is 33.2.